The highest BCUT2D eigenvalue weighted by Crippen LogP contribution is 2.06. The molecule has 2 aromatic heterocycles. The van der Waals surface area contributed by atoms with E-state index in [2.05, 4.69) is 15.5 Å². The van der Waals surface area contributed by atoms with E-state index in [1.807, 2.05) is 0 Å². The van der Waals surface area contributed by atoms with Gasteiger partial charge in [-0.1, -0.05) is 0 Å². The molecule has 0 saturated carbocycles. The number of nitrogens with zero attached hydrogens (tertiary/aromatic N) is 3. The molecule has 5 heteroatoms. The second-order valence-corrected chi connectivity index (χ2v) is 2.28. The van der Waals surface area contributed by atoms with E-state index in [1.165, 1.54) is 0 Å². The molecule has 0 unspecified atom stereocenters. The third-order valence-corrected chi connectivity index (χ3v) is 1.52. The molecule has 0 spiro atoms. The third-order valence-electron chi connectivity index (χ3n) is 1.52. The number of nitrogens with one attached hydrogen (secondary N) is 1. The molecule has 5 nitrogen and oxygen atoms in total. The summed E-state index contributed by atoms with van der Waals surface area (Å²) in [5.74, 6) is 0. The number of hydrogen-bond donors (Lipinski definition) is 1. The maximum atomic E-state index is 10.1. The molecule has 0 aliphatic rings. The Morgan fingerprint density at radius 1 is 1.50 bits per heavy atom. The molecule has 0 radical (unpaired) electrons. The summed E-state index contributed by atoms with van der Waals surface area (Å²) in [4.78, 5) is 10.1. The fourth-order valence-electron chi connectivity index (χ4n) is 0.981. The van der Waals surface area contributed by atoms with E-state index in [4.69, 9.17) is 0 Å². The molecule has 12 heavy (non-hydrogen) atoms. The Kier molecular flexibility index (Phi) is 1.48. The molecule has 0 saturated heterocycles. The van der Waals surface area contributed by atoms with Gasteiger partial charge in [-0.3, -0.25) is 9.20 Å². The number of rotatable bonds is 2. The standard InChI is InChI=1S/C7H6N4O/c12-5-8-6-1-2-7-10-9-4-11(7)3-6/h1-5H,(H,8,12). The zero-order valence-corrected chi connectivity index (χ0v) is 6.14. The van der Waals surface area contributed by atoms with E-state index < -0.39 is 0 Å². The van der Waals surface area contributed by atoms with Crippen molar-refractivity contribution in [3.05, 3.63) is 24.7 Å². The van der Waals surface area contributed by atoms with Crippen molar-refractivity contribution in [1.29, 1.82) is 0 Å². The number of hydrogen-bond acceptors (Lipinski definition) is 3. The predicted octanol–water partition coefficient (Wildman–Crippen LogP) is 0.298. The minimum atomic E-state index is 0.630. The third kappa shape index (κ3) is 1.01. The number of fused-ring (bicyclic) bond motifs is 1. The van der Waals surface area contributed by atoms with E-state index in [0.29, 0.717) is 6.41 Å². The van der Waals surface area contributed by atoms with Crippen LogP contribution < -0.4 is 5.32 Å². The van der Waals surface area contributed by atoms with Gasteiger partial charge in [0, 0.05) is 6.20 Å². The zero-order valence-electron chi connectivity index (χ0n) is 6.14. The van der Waals surface area contributed by atoms with Crippen LogP contribution in [-0.4, -0.2) is 21.0 Å². The highest BCUT2D eigenvalue weighted by Gasteiger charge is 1.94. The lowest BCUT2D eigenvalue weighted by Crippen LogP contribution is -1.95. The van der Waals surface area contributed by atoms with Crippen molar-refractivity contribution < 1.29 is 4.79 Å². The molecule has 0 aliphatic carbocycles. The number of amides is 1. The Bertz CT molecular complexity index is 408. The predicted molar refractivity (Wildman–Crippen MR) is 42.7 cm³/mol. The highest BCUT2D eigenvalue weighted by molar-refractivity contribution is 5.71. The van der Waals surface area contributed by atoms with Crippen molar-refractivity contribution >= 4 is 17.7 Å². The topological polar surface area (TPSA) is 59.3 Å². The molecule has 1 amide bonds. The number of anilines is 1. The molecule has 0 fully saturated rings. The summed E-state index contributed by atoms with van der Waals surface area (Å²) in [5, 5.41) is 10.0. The van der Waals surface area contributed by atoms with Crippen molar-refractivity contribution in [1.82, 2.24) is 14.6 Å². The lowest BCUT2D eigenvalue weighted by atomic mass is 10.4. The van der Waals surface area contributed by atoms with Crippen LogP contribution in [0.1, 0.15) is 0 Å². The molecule has 2 heterocycles. The molecule has 0 aromatic carbocycles. The molecular formula is C7H6N4O. The van der Waals surface area contributed by atoms with Gasteiger partial charge in [-0.15, -0.1) is 10.2 Å². The SMILES string of the molecule is O=CNc1ccc2nncn2c1. The minimum absolute atomic E-state index is 0.630. The first kappa shape index (κ1) is 6.78. The van der Waals surface area contributed by atoms with Gasteiger partial charge in [-0.2, -0.15) is 0 Å². The van der Waals surface area contributed by atoms with Gasteiger partial charge in [0.1, 0.15) is 6.33 Å². The maximum Gasteiger partial charge on any atom is 0.211 e. The summed E-state index contributed by atoms with van der Waals surface area (Å²) in [6, 6.07) is 3.54. The Hall–Kier alpha value is -1.91. The first-order valence-electron chi connectivity index (χ1n) is 3.40. The minimum Gasteiger partial charge on any atom is -0.327 e. The highest BCUT2D eigenvalue weighted by atomic mass is 16.1. The smallest absolute Gasteiger partial charge is 0.211 e. The summed E-state index contributed by atoms with van der Waals surface area (Å²) in [5.41, 5.74) is 1.48. The van der Waals surface area contributed by atoms with Crippen LogP contribution in [0.5, 0.6) is 0 Å². The Morgan fingerprint density at radius 3 is 3.25 bits per heavy atom. The van der Waals surface area contributed by atoms with Crippen LogP contribution in [0, 0.1) is 0 Å². The van der Waals surface area contributed by atoms with Crippen LogP contribution in [0.15, 0.2) is 24.7 Å². The van der Waals surface area contributed by atoms with Gasteiger partial charge in [0.05, 0.1) is 5.69 Å². The lowest BCUT2D eigenvalue weighted by Gasteiger charge is -1.97. The molecule has 1 N–H and O–H groups in total. The van der Waals surface area contributed by atoms with Gasteiger partial charge in [0.25, 0.3) is 0 Å². The van der Waals surface area contributed by atoms with Crippen LogP contribution in [0.3, 0.4) is 0 Å². The van der Waals surface area contributed by atoms with Crippen LogP contribution in [0.4, 0.5) is 5.69 Å². The largest absolute Gasteiger partial charge is 0.327 e. The maximum absolute atomic E-state index is 10.1. The zero-order chi connectivity index (χ0) is 8.39. The van der Waals surface area contributed by atoms with Gasteiger partial charge in [0.2, 0.25) is 6.41 Å². The fraction of sp³-hybridized carbons (Fsp3) is 0. The van der Waals surface area contributed by atoms with Gasteiger partial charge >= 0.3 is 0 Å². The molecule has 2 aromatic rings. The van der Waals surface area contributed by atoms with E-state index in [0.717, 1.165) is 11.3 Å². The average molecular weight is 162 g/mol. The monoisotopic (exact) mass is 162 g/mol. The molecular weight excluding hydrogens is 156 g/mol. The van der Waals surface area contributed by atoms with Crippen molar-refractivity contribution in [3.63, 3.8) is 0 Å². The fourth-order valence-corrected chi connectivity index (χ4v) is 0.981. The number of pyridine rings is 1. The first-order chi connectivity index (χ1) is 5.90. The summed E-state index contributed by atoms with van der Waals surface area (Å²) in [7, 11) is 0. The molecule has 0 bridgehead atoms. The van der Waals surface area contributed by atoms with E-state index in [-0.39, 0.29) is 0 Å². The summed E-state index contributed by atoms with van der Waals surface area (Å²) < 4.78 is 1.73. The van der Waals surface area contributed by atoms with E-state index in [1.54, 1.807) is 29.1 Å². The van der Waals surface area contributed by atoms with Crippen molar-refractivity contribution in [3.8, 4) is 0 Å². The number of aromatic nitrogens is 3. The quantitative estimate of drug-likeness (QED) is 0.646. The average Bonchev–Trinajstić information content (AvgIpc) is 2.51. The number of carbonyl (C=O) groups is 1. The Morgan fingerprint density at radius 2 is 2.42 bits per heavy atom. The summed E-state index contributed by atoms with van der Waals surface area (Å²) in [6.07, 6.45) is 3.95. The first-order valence-corrected chi connectivity index (χ1v) is 3.40. The molecule has 2 rings (SSSR count). The normalized spacial score (nSPS) is 10.0. The van der Waals surface area contributed by atoms with Gasteiger partial charge in [0.15, 0.2) is 5.65 Å². The van der Waals surface area contributed by atoms with Crippen LogP contribution in [0.25, 0.3) is 5.65 Å². The van der Waals surface area contributed by atoms with Crippen LogP contribution in [0.2, 0.25) is 0 Å². The van der Waals surface area contributed by atoms with Crippen molar-refractivity contribution in [2.24, 2.45) is 0 Å². The second kappa shape index (κ2) is 2.61. The molecule has 0 aliphatic heterocycles. The van der Waals surface area contributed by atoms with Gasteiger partial charge in [-0.05, 0) is 12.1 Å². The molecule has 60 valence electrons. The van der Waals surface area contributed by atoms with Crippen molar-refractivity contribution in [2.45, 2.75) is 0 Å². The summed E-state index contributed by atoms with van der Waals surface area (Å²) >= 11 is 0. The second-order valence-electron chi connectivity index (χ2n) is 2.28. The Balaban J connectivity index is 2.52. The lowest BCUT2D eigenvalue weighted by molar-refractivity contribution is -0.105. The summed E-state index contributed by atoms with van der Waals surface area (Å²) in [6.45, 7) is 0. The van der Waals surface area contributed by atoms with E-state index in [9.17, 15) is 4.79 Å². The Labute approximate surface area is 68.0 Å². The van der Waals surface area contributed by atoms with Gasteiger partial charge in [-0.25, -0.2) is 0 Å². The molecule has 0 atom stereocenters. The van der Waals surface area contributed by atoms with Crippen LogP contribution >= 0.6 is 0 Å². The van der Waals surface area contributed by atoms with E-state index >= 15 is 0 Å². The van der Waals surface area contributed by atoms with Crippen molar-refractivity contribution in [2.75, 3.05) is 5.32 Å². The number of carbonyl (C=O) groups excluding carboxylic acids is 1. The van der Waals surface area contributed by atoms with Crippen LogP contribution in [-0.2, 0) is 4.79 Å². The van der Waals surface area contributed by atoms with Gasteiger partial charge < -0.3 is 5.32 Å².